The van der Waals surface area contributed by atoms with E-state index >= 15 is 0 Å². The maximum absolute atomic E-state index is 12.7. The van der Waals surface area contributed by atoms with Gasteiger partial charge in [-0.3, -0.25) is 9.59 Å². The van der Waals surface area contributed by atoms with Crippen LogP contribution in [0.4, 0.5) is 0 Å². The van der Waals surface area contributed by atoms with Crippen LogP contribution in [0.2, 0.25) is 0 Å². The monoisotopic (exact) mass is 410 g/mol. The molecule has 0 N–H and O–H groups in total. The Hall–Kier alpha value is -3.12. The van der Waals surface area contributed by atoms with Crippen molar-refractivity contribution in [2.45, 2.75) is 12.8 Å². The number of rotatable bonds is 8. The van der Waals surface area contributed by atoms with Crippen LogP contribution in [-0.4, -0.2) is 33.1 Å². The Morgan fingerprint density at radius 2 is 1.34 bits per heavy atom. The van der Waals surface area contributed by atoms with Crippen molar-refractivity contribution in [3.63, 3.8) is 0 Å². The van der Waals surface area contributed by atoms with Gasteiger partial charge in [-0.2, -0.15) is 0 Å². The average Bonchev–Trinajstić information content (AvgIpc) is 3.22. The molecule has 6 heteroatoms. The molecule has 2 aromatic carbocycles. The minimum atomic E-state index is -0.388. The SMILES string of the molecule is COC(=O)CCC(=O)c1cc(-c2ccc(OC)cc2)c(-c2ccc(OC)cc2)s1. The lowest BCUT2D eigenvalue weighted by atomic mass is 10.0. The highest BCUT2D eigenvalue weighted by Crippen LogP contribution is 2.40. The lowest BCUT2D eigenvalue weighted by molar-refractivity contribution is -0.140. The van der Waals surface area contributed by atoms with Crippen molar-refractivity contribution in [3.05, 3.63) is 59.5 Å². The van der Waals surface area contributed by atoms with Crippen LogP contribution in [0.5, 0.6) is 11.5 Å². The Morgan fingerprint density at radius 1 is 0.793 bits per heavy atom. The fraction of sp³-hybridized carbons (Fsp3) is 0.217. The first kappa shape index (κ1) is 20.6. The molecule has 150 valence electrons. The van der Waals surface area contributed by atoms with E-state index in [9.17, 15) is 9.59 Å². The van der Waals surface area contributed by atoms with E-state index in [1.165, 1.54) is 18.4 Å². The molecule has 0 aliphatic heterocycles. The fourth-order valence-corrected chi connectivity index (χ4v) is 4.06. The van der Waals surface area contributed by atoms with Gasteiger partial charge in [0.15, 0.2) is 5.78 Å². The zero-order chi connectivity index (χ0) is 20.8. The number of carbonyl (C=O) groups excluding carboxylic acids is 2. The summed E-state index contributed by atoms with van der Waals surface area (Å²) in [6, 6.07) is 17.4. The Morgan fingerprint density at radius 3 is 1.86 bits per heavy atom. The second-order valence-electron chi connectivity index (χ2n) is 6.31. The van der Waals surface area contributed by atoms with Crippen molar-refractivity contribution in [2.75, 3.05) is 21.3 Å². The molecule has 0 atom stereocenters. The average molecular weight is 410 g/mol. The minimum Gasteiger partial charge on any atom is -0.497 e. The van der Waals surface area contributed by atoms with E-state index in [1.54, 1.807) is 14.2 Å². The first-order valence-electron chi connectivity index (χ1n) is 9.08. The van der Waals surface area contributed by atoms with Crippen molar-refractivity contribution in [3.8, 4) is 33.1 Å². The summed E-state index contributed by atoms with van der Waals surface area (Å²) in [4.78, 5) is 25.6. The third kappa shape index (κ3) is 4.84. The predicted octanol–water partition coefficient (Wildman–Crippen LogP) is 5.24. The van der Waals surface area contributed by atoms with Gasteiger partial charge in [-0.1, -0.05) is 12.1 Å². The molecule has 0 saturated heterocycles. The van der Waals surface area contributed by atoms with Crippen LogP contribution >= 0.6 is 11.3 Å². The van der Waals surface area contributed by atoms with Gasteiger partial charge in [-0.15, -0.1) is 11.3 Å². The second-order valence-corrected chi connectivity index (χ2v) is 7.36. The molecule has 0 amide bonds. The zero-order valence-electron chi connectivity index (χ0n) is 16.6. The predicted molar refractivity (Wildman–Crippen MR) is 114 cm³/mol. The van der Waals surface area contributed by atoms with Crippen LogP contribution in [0.25, 0.3) is 21.6 Å². The zero-order valence-corrected chi connectivity index (χ0v) is 17.4. The Kier molecular flexibility index (Phi) is 6.67. The molecular formula is C23H22O5S. The summed E-state index contributed by atoms with van der Waals surface area (Å²) in [6.45, 7) is 0. The second kappa shape index (κ2) is 9.39. The lowest BCUT2D eigenvalue weighted by Crippen LogP contribution is -2.04. The van der Waals surface area contributed by atoms with Gasteiger partial charge in [-0.05, 0) is 53.6 Å². The number of hydrogen-bond acceptors (Lipinski definition) is 6. The smallest absolute Gasteiger partial charge is 0.305 e. The van der Waals surface area contributed by atoms with Gasteiger partial charge in [-0.25, -0.2) is 0 Å². The van der Waals surface area contributed by atoms with Gasteiger partial charge in [0.1, 0.15) is 11.5 Å². The van der Waals surface area contributed by atoms with Crippen LogP contribution in [0.15, 0.2) is 54.6 Å². The number of carbonyl (C=O) groups is 2. The molecule has 1 heterocycles. The highest BCUT2D eigenvalue weighted by molar-refractivity contribution is 7.18. The molecule has 0 aliphatic carbocycles. The van der Waals surface area contributed by atoms with E-state index in [-0.39, 0.29) is 24.6 Å². The van der Waals surface area contributed by atoms with Crippen LogP contribution < -0.4 is 9.47 Å². The van der Waals surface area contributed by atoms with Crippen molar-refractivity contribution >= 4 is 23.1 Å². The number of benzene rings is 2. The molecule has 0 spiro atoms. The molecule has 1 aromatic heterocycles. The maximum atomic E-state index is 12.7. The third-order valence-corrected chi connectivity index (χ3v) is 5.77. The maximum Gasteiger partial charge on any atom is 0.305 e. The highest BCUT2D eigenvalue weighted by atomic mass is 32.1. The largest absolute Gasteiger partial charge is 0.497 e. The summed E-state index contributed by atoms with van der Waals surface area (Å²) in [5.41, 5.74) is 2.94. The number of ether oxygens (including phenoxy) is 3. The van der Waals surface area contributed by atoms with Crippen molar-refractivity contribution in [2.24, 2.45) is 0 Å². The van der Waals surface area contributed by atoms with Crippen LogP contribution in [0.1, 0.15) is 22.5 Å². The van der Waals surface area contributed by atoms with E-state index in [2.05, 4.69) is 4.74 Å². The van der Waals surface area contributed by atoms with Crippen LogP contribution in [-0.2, 0) is 9.53 Å². The third-order valence-electron chi connectivity index (χ3n) is 4.54. The van der Waals surface area contributed by atoms with Gasteiger partial charge in [0.05, 0.1) is 32.6 Å². The molecule has 3 rings (SSSR count). The van der Waals surface area contributed by atoms with E-state index in [1.807, 2.05) is 54.6 Å². The summed E-state index contributed by atoms with van der Waals surface area (Å²) in [5.74, 6) is 1.07. The molecule has 29 heavy (non-hydrogen) atoms. The van der Waals surface area contributed by atoms with Gasteiger partial charge in [0.25, 0.3) is 0 Å². The molecule has 0 saturated carbocycles. The molecule has 5 nitrogen and oxygen atoms in total. The minimum absolute atomic E-state index is 0.0724. The molecule has 0 unspecified atom stereocenters. The number of hydrogen-bond donors (Lipinski definition) is 0. The van der Waals surface area contributed by atoms with Crippen molar-refractivity contribution in [1.29, 1.82) is 0 Å². The Balaban J connectivity index is 2.00. The molecule has 0 aliphatic rings. The fourth-order valence-electron chi connectivity index (χ4n) is 2.91. The number of methoxy groups -OCH3 is 3. The number of Topliss-reactive ketones (excluding diaryl/α,β-unsaturated/α-hetero) is 1. The summed E-state index contributed by atoms with van der Waals surface area (Å²) >= 11 is 1.42. The quantitative estimate of drug-likeness (QED) is 0.376. The first-order valence-corrected chi connectivity index (χ1v) is 9.90. The molecular weight excluding hydrogens is 388 g/mol. The number of esters is 1. The number of thiophene rings is 1. The van der Waals surface area contributed by atoms with Gasteiger partial charge >= 0.3 is 5.97 Å². The van der Waals surface area contributed by atoms with E-state index in [0.717, 1.165) is 33.1 Å². The van der Waals surface area contributed by atoms with Crippen molar-refractivity contribution < 1.29 is 23.8 Å². The molecule has 0 bridgehead atoms. The van der Waals surface area contributed by atoms with Crippen LogP contribution in [0.3, 0.4) is 0 Å². The molecule has 0 radical (unpaired) electrons. The summed E-state index contributed by atoms with van der Waals surface area (Å²) in [7, 11) is 4.57. The van der Waals surface area contributed by atoms with Gasteiger partial charge in [0, 0.05) is 16.9 Å². The van der Waals surface area contributed by atoms with E-state index in [0.29, 0.717) is 4.88 Å². The number of ketones is 1. The van der Waals surface area contributed by atoms with Crippen molar-refractivity contribution in [1.82, 2.24) is 0 Å². The van der Waals surface area contributed by atoms with Gasteiger partial charge in [0.2, 0.25) is 0 Å². The Labute approximate surface area is 173 Å². The first-order chi connectivity index (χ1) is 14.0. The summed E-state index contributed by atoms with van der Waals surface area (Å²) in [6.07, 6.45) is 0.195. The lowest BCUT2D eigenvalue weighted by Gasteiger charge is -2.07. The normalized spacial score (nSPS) is 10.4. The molecule has 3 aromatic rings. The summed E-state index contributed by atoms with van der Waals surface area (Å²) < 4.78 is 15.1. The van der Waals surface area contributed by atoms with Crippen LogP contribution in [0, 0.1) is 0 Å². The van der Waals surface area contributed by atoms with E-state index < -0.39 is 0 Å². The summed E-state index contributed by atoms with van der Waals surface area (Å²) in [5, 5.41) is 0. The standard InChI is InChI=1S/C23H22O5S/c1-26-17-8-4-15(5-9-17)19-14-21(20(24)12-13-22(25)28-3)29-23(19)16-6-10-18(27-2)11-7-16/h4-11,14H,12-13H2,1-3H3. The Bertz CT molecular complexity index is 922. The van der Waals surface area contributed by atoms with E-state index in [4.69, 9.17) is 9.47 Å². The highest BCUT2D eigenvalue weighted by Gasteiger charge is 2.18. The topological polar surface area (TPSA) is 61.8 Å². The molecule has 0 fully saturated rings. The van der Waals surface area contributed by atoms with Gasteiger partial charge < -0.3 is 14.2 Å².